The van der Waals surface area contributed by atoms with Crippen LogP contribution in [0.4, 0.5) is 0 Å². The number of hydrogen-bond acceptors (Lipinski definition) is 6. The quantitative estimate of drug-likeness (QED) is 0.130. The molecule has 0 fully saturated rings. The highest BCUT2D eigenvalue weighted by atomic mass is 16.5. The van der Waals surface area contributed by atoms with E-state index in [9.17, 15) is 14.4 Å². The molecular formula is C31H48N2O6. The summed E-state index contributed by atoms with van der Waals surface area (Å²) in [4.78, 5) is 38.7. The lowest BCUT2D eigenvalue weighted by atomic mass is 9.86. The molecule has 218 valence electrons. The molecule has 0 aromatic heterocycles. The van der Waals surface area contributed by atoms with Gasteiger partial charge < -0.3 is 25.2 Å². The molecule has 0 aliphatic rings. The maximum atomic E-state index is 13.2. The van der Waals surface area contributed by atoms with E-state index in [1.165, 1.54) is 0 Å². The Kier molecular flexibility index (Phi) is 16.7. The smallest absolute Gasteiger partial charge is 0.309 e. The fraction of sp³-hybridized carbons (Fsp3) is 0.581. The van der Waals surface area contributed by atoms with Crippen LogP contribution >= 0.6 is 0 Å². The molecule has 0 spiro atoms. The second-order valence-electron chi connectivity index (χ2n) is 10.8. The van der Waals surface area contributed by atoms with Gasteiger partial charge in [-0.25, -0.2) is 0 Å². The molecule has 0 bridgehead atoms. The number of unbranched alkanes of at least 4 members (excludes halogenated alkanes) is 1. The summed E-state index contributed by atoms with van der Waals surface area (Å²) in [6, 6.07) is 9.42. The summed E-state index contributed by atoms with van der Waals surface area (Å²) in [5, 5.41) is 14.5. The highest BCUT2D eigenvalue weighted by molar-refractivity contribution is 5.86. The summed E-state index contributed by atoms with van der Waals surface area (Å²) in [5.74, 6) is -1.73. The molecule has 2 amide bonds. The van der Waals surface area contributed by atoms with Crippen molar-refractivity contribution in [2.45, 2.75) is 65.3 Å². The standard InChI is InChI=1S/C31H48N2O6/c1-6-8-10-16-26(21-24-14-11-9-12-15-24)30(37)39-23-27(31(3,4)5)33-29(36)25(13-7-2)22-28(35)32-17-19-38-20-18-34/h6-7,9,11-12,14-15,25-27,34H,1-2,8,10,13,16-23H2,3-5H3,(H,32,35)(H,33,36)/t25-,26-,27-/m1/s1. The van der Waals surface area contributed by atoms with Crippen molar-refractivity contribution in [2.75, 3.05) is 33.0 Å². The van der Waals surface area contributed by atoms with Crippen LogP contribution in [0.3, 0.4) is 0 Å². The molecule has 3 N–H and O–H groups in total. The second kappa shape index (κ2) is 19.1. The van der Waals surface area contributed by atoms with Crippen molar-refractivity contribution in [2.24, 2.45) is 17.3 Å². The topological polar surface area (TPSA) is 114 Å². The molecule has 1 rings (SSSR count). The Hall–Kier alpha value is -2.97. The molecule has 3 atom stereocenters. The van der Waals surface area contributed by atoms with Crippen LogP contribution in [0.15, 0.2) is 55.6 Å². The number of carbonyl (C=O) groups excluding carboxylic acids is 3. The Balaban J connectivity index is 2.79. The number of nitrogens with one attached hydrogen (secondary N) is 2. The van der Waals surface area contributed by atoms with Crippen molar-refractivity contribution in [1.82, 2.24) is 10.6 Å². The number of esters is 1. The van der Waals surface area contributed by atoms with Crippen LogP contribution in [0.5, 0.6) is 0 Å². The highest BCUT2D eigenvalue weighted by Crippen LogP contribution is 2.23. The van der Waals surface area contributed by atoms with Crippen molar-refractivity contribution >= 4 is 17.8 Å². The average molecular weight is 545 g/mol. The van der Waals surface area contributed by atoms with Crippen LogP contribution in [0.25, 0.3) is 0 Å². The van der Waals surface area contributed by atoms with Gasteiger partial charge >= 0.3 is 5.97 Å². The monoisotopic (exact) mass is 544 g/mol. The Morgan fingerprint density at radius 2 is 1.77 bits per heavy atom. The van der Waals surface area contributed by atoms with E-state index in [0.29, 0.717) is 25.8 Å². The molecule has 0 saturated carbocycles. The van der Waals surface area contributed by atoms with E-state index < -0.39 is 17.4 Å². The zero-order valence-electron chi connectivity index (χ0n) is 24.0. The van der Waals surface area contributed by atoms with Gasteiger partial charge in [-0.1, -0.05) is 63.3 Å². The Labute approximate surface area is 234 Å². The number of carbonyl (C=O) groups is 3. The van der Waals surface area contributed by atoms with E-state index in [-0.39, 0.29) is 56.5 Å². The molecule has 8 heteroatoms. The van der Waals surface area contributed by atoms with E-state index in [0.717, 1.165) is 18.4 Å². The first-order valence-corrected chi connectivity index (χ1v) is 13.8. The van der Waals surface area contributed by atoms with Gasteiger partial charge in [-0.05, 0) is 43.1 Å². The van der Waals surface area contributed by atoms with Gasteiger partial charge in [0, 0.05) is 13.0 Å². The van der Waals surface area contributed by atoms with Gasteiger partial charge in [0.15, 0.2) is 0 Å². The zero-order valence-corrected chi connectivity index (χ0v) is 24.0. The SMILES string of the molecule is C=CCCC[C@H](Cc1ccccc1)C(=O)OC[C@@H](NC(=O)[C@H](CC=C)CC(=O)NCCOCCO)C(C)(C)C. The van der Waals surface area contributed by atoms with E-state index in [2.05, 4.69) is 23.8 Å². The molecule has 0 heterocycles. The summed E-state index contributed by atoms with van der Waals surface area (Å²) in [6.45, 7) is 14.1. The van der Waals surface area contributed by atoms with Gasteiger partial charge in [0.25, 0.3) is 0 Å². The van der Waals surface area contributed by atoms with Crippen molar-refractivity contribution in [3.05, 3.63) is 61.2 Å². The Bertz CT molecular complexity index is 881. The first kappa shape index (κ1) is 34.1. The van der Waals surface area contributed by atoms with Crippen molar-refractivity contribution in [3.63, 3.8) is 0 Å². The number of amides is 2. The summed E-state index contributed by atoms with van der Waals surface area (Å²) < 4.78 is 10.9. The van der Waals surface area contributed by atoms with Crippen molar-refractivity contribution in [3.8, 4) is 0 Å². The largest absolute Gasteiger partial charge is 0.463 e. The van der Waals surface area contributed by atoms with Crippen LogP contribution < -0.4 is 10.6 Å². The lowest BCUT2D eigenvalue weighted by molar-refractivity contribution is -0.151. The molecule has 0 saturated heterocycles. The van der Waals surface area contributed by atoms with E-state index >= 15 is 0 Å². The summed E-state index contributed by atoms with van der Waals surface area (Å²) in [5.41, 5.74) is 0.683. The van der Waals surface area contributed by atoms with Crippen molar-refractivity contribution in [1.29, 1.82) is 0 Å². The Morgan fingerprint density at radius 3 is 2.38 bits per heavy atom. The number of allylic oxidation sites excluding steroid dienone is 2. The fourth-order valence-corrected chi connectivity index (χ4v) is 4.00. The van der Waals surface area contributed by atoms with Gasteiger partial charge in [-0.15, -0.1) is 13.2 Å². The summed E-state index contributed by atoms with van der Waals surface area (Å²) >= 11 is 0. The number of rotatable bonds is 20. The van der Waals surface area contributed by atoms with Gasteiger partial charge in [-0.3, -0.25) is 14.4 Å². The minimum absolute atomic E-state index is 0.00302. The molecule has 0 radical (unpaired) electrons. The fourth-order valence-electron chi connectivity index (χ4n) is 4.00. The number of hydrogen-bond donors (Lipinski definition) is 3. The predicted molar refractivity (Wildman–Crippen MR) is 154 cm³/mol. The molecule has 0 aliphatic carbocycles. The molecule has 1 aromatic carbocycles. The highest BCUT2D eigenvalue weighted by Gasteiger charge is 2.31. The Morgan fingerprint density at radius 1 is 1.05 bits per heavy atom. The number of benzene rings is 1. The van der Waals surface area contributed by atoms with Crippen LogP contribution in [0.1, 0.15) is 58.4 Å². The lowest BCUT2D eigenvalue weighted by Crippen LogP contribution is -2.49. The van der Waals surface area contributed by atoms with Gasteiger partial charge in [0.2, 0.25) is 11.8 Å². The second-order valence-corrected chi connectivity index (χ2v) is 10.8. The average Bonchev–Trinajstić information content (AvgIpc) is 2.89. The first-order valence-electron chi connectivity index (χ1n) is 13.8. The molecule has 1 aromatic rings. The first-order chi connectivity index (χ1) is 18.6. The molecular weight excluding hydrogens is 496 g/mol. The van der Waals surface area contributed by atoms with Gasteiger partial charge in [0.05, 0.1) is 37.7 Å². The van der Waals surface area contributed by atoms with Crippen LogP contribution in [-0.4, -0.2) is 61.9 Å². The normalized spacial score (nSPS) is 13.5. The van der Waals surface area contributed by atoms with Gasteiger partial charge in [-0.2, -0.15) is 0 Å². The third-order valence-electron chi connectivity index (χ3n) is 6.43. The molecule has 8 nitrogen and oxygen atoms in total. The zero-order chi connectivity index (χ0) is 29.1. The lowest BCUT2D eigenvalue weighted by Gasteiger charge is -2.32. The number of aliphatic hydroxyl groups is 1. The number of ether oxygens (including phenoxy) is 2. The van der Waals surface area contributed by atoms with E-state index in [1.807, 2.05) is 57.2 Å². The minimum atomic E-state index is -0.605. The predicted octanol–water partition coefficient (Wildman–Crippen LogP) is 3.98. The summed E-state index contributed by atoms with van der Waals surface area (Å²) in [6.07, 6.45) is 6.74. The van der Waals surface area contributed by atoms with Gasteiger partial charge in [0.1, 0.15) is 6.61 Å². The third kappa shape index (κ3) is 14.7. The van der Waals surface area contributed by atoms with Crippen LogP contribution in [0, 0.1) is 17.3 Å². The van der Waals surface area contributed by atoms with Crippen LogP contribution in [-0.2, 0) is 30.3 Å². The maximum Gasteiger partial charge on any atom is 0.309 e. The molecule has 0 aliphatic heterocycles. The van der Waals surface area contributed by atoms with E-state index in [1.54, 1.807) is 6.08 Å². The van der Waals surface area contributed by atoms with Crippen LogP contribution in [0.2, 0.25) is 0 Å². The molecule has 0 unspecified atom stereocenters. The minimum Gasteiger partial charge on any atom is -0.463 e. The van der Waals surface area contributed by atoms with E-state index in [4.69, 9.17) is 14.6 Å². The maximum absolute atomic E-state index is 13.2. The number of aliphatic hydroxyl groups excluding tert-OH is 1. The van der Waals surface area contributed by atoms with Crippen molar-refractivity contribution < 1.29 is 29.0 Å². The third-order valence-corrected chi connectivity index (χ3v) is 6.43. The summed E-state index contributed by atoms with van der Waals surface area (Å²) in [7, 11) is 0. The molecule has 39 heavy (non-hydrogen) atoms.